The van der Waals surface area contributed by atoms with Crippen molar-refractivity contribution in [2.75, 3.05) is 56.3 Å². The van der Waals surface area contributed by atoms with Crippen LogP contribution < -0.4 is 20.7 Å². The van der Waals surface area contributed by atoms with Gasteiger partial charge in [0.05, 0.1) is 30.7 Å². The number of anilines is 2. The first-order valence-electron chi connectivity index (χ1n) is 8.96. The molecule has 0 unspecified atom stereocenters. The van der Waals surface area contributed by atoms with Crippen molar-refractivity contribution in [1.82, 2.24) is 20.5 Å². The van der Waals surface area contributed by atoms with Gasteiger partial charge in [0, 0.05) is 25.4 Å². The SMILES string of the molecule is COc1ccc(N2CCOCC2)c2sc(C(=O)NCCSc3nnc(N)s3)nc12. The molecule has 29 heavy (non-hydrogen) atoms. The van der Waals surface area contributed by atoms with Gasteiger partial charge in [-0.2, -0.15) is 0 Å². The standard InChI is InChI=1S/C17H20N6O3S3/c1-25-11-3-2-10(23-5-7-26-8-6-23)13-12(11)20-15(28-13)14(24)19-4-9-27-17-22-21-16(18)29-17/h2-3H,4-9H2,1H3,(H2,18,21)(H,19,24). The fourth-order valence-corrected chi connectivity index (χ4v) is 5.54. The van der Waals surface area contributed by atoms with E-state index in [0.29, 0.717) is 46.9 Å². The molecule has 1 aromatic carbocycles. The summed E-state index contributed by atoms with van der Waals surface area (Å²) in [5, 5.41) is 11.5. The van der Waals surface area contributed by atoms with Crippen LogP contribution in [0.25, 0.3) is 10.2 Å². The number of nitrogens with zero attached hydrogens (tertiary/aromatic N) is 4. The second-order valence-corrected chi connectivity index (χ2v) is 9.44. The van der Waals surface area contributed by atoms with E-state index >= 15 is 0 Å². The van der Waals surface area contributed by atoms with Crippen LogP contribution in [-0.4, -0.2) is 66.8 Å². The van der Waals surface area contributed by atoms with E-state index in [1.165, 1.54) is 34.4 Å². The van der Waals surface area contributed by atoms with Gasteiger partial charge in [0.2, 0.25) is 5.13 Å². The van der Waals surface area contributed by atoms with Crippen molar-refractivity contribution in [3.05, 3.63) is 17.1 Å². The van der Waals surface area contributed by atoms with E-state index in [9.17, 15) is 4.79 Å². The summed E-state index contributed by atoms with van der Waals surface area (Å²) in [7, 11) is 1.61. The van der Waals surface area contributed by atoms with Crippen molar-refractivity contribution in [1.29, 1.82) is 0 Å². The maximum absolute atomic E-state index is 12.6. The van der Waals surface area contributed by atoms with Gasteiger partial charge in [0.25, 0.3) is 5.91 Å². The molecule has 3 aromatic rings. The lowest BCUT2D eigenvalue weighted by Gasteiger charge is -2.29. The summed E-state index contributed by atoms with van der Waals surface area (Å²) < 4.78 is 12.6. The number of hydrogen-bond donors (Lipinski definition) is 2. The summed E-state index contributed by atoms with van der Waals surface area (Å²) in [5.41, 5.74) is 7.34. The van der Waals surface area contributed by atoms with Crippen LogP contribution in [0, 0.1) is 0 Å². The summed E-state index contributed by atoms with van der Waals surface area (Å²) in [6.07, 6.45) is 0. The van der Waals surface area contributed by atoms with Crippen molar-refractivity contribution in [3.63, 3.8) is 0 Å². The third kappa shape index (κ3) is 4.55. The molecule has 1 aliphatic heterocycles. The number of amides is 1. The number of fused-ring (bicyclic) bond motifs is 1. The number of methoxy groups -OCH3 is 1. The number of carbonyl (C=O) groups is 1. The maximum atomic E-state index is 12.6. The molecular weight excluding hydrogens is 432 g/mol. The highest BCUT2D eigenvalue weighted by atomic mass is 32.2. The number of thioether (sulfide) groups is 1. The van der Waals surface area contributed by atoms with Gasteiger partial charge < -0.3 is 25.4 Å². The van der Waals surface area contributed by atoms with Crippen LogP contribution in [0.4, 0.5) is 10.8 Å². The minimum atomic E-state index is -0.196. The summed E-state index contributed by atoms with van der Waals surface area (Å²) in [6.45, 7) is 3.50. The lowest BCUT2D eigenvalue weighted by atomic mass is 10.2. The molecule has 0 aliphatic carbocycles. The number of nitrogen functional groups attached to an aromatic ring is 1. The van der Waals surface area contributed by atoms with Gasteiger partial charge in [-0.15, -0.1) is 21.5 Å². The maximum Gasteiger partial charge on any atom is 0.280 e. The highest BCUT2D eigenvalue weighted by Gasteiger charge is 2.21. The van der Waals surface area contributed by atoms with Crippen LogP contribution in [0.15, 0.2) is 16.5 Å². The molecule has 0 bridgehead atoms. The Morgan fingerprint density at radius 3 is 2.90 bits per heavy atom. The minimum Gasteiger partial charge on any atom is -0.494 e. The Kier molecular flexibility index (Phi) is 6.33. The highest BCUT2D eigenvalue weighted by Crippen LogP contribution is 2.37. The number of aromatic nitrogens is 3. The quantitative estimate of drug-likeness (QED) is 0.411. The number of benzene rings is 1. The lowest BCUT2D eigenvalue weighted by Crippen LogP contribution is -2.36. The molecule has 0 atom stereocenters. The van der Waals surface area contributed by atoms with E-state index in [-0.39, 0.29) is 5.91 Å². The third-order valence-electron chi connectivity index (χ3n) is 4.29. The van der Waals surface area contributed by atoms with Crippen LogP contribution >= 0.6 is 34.4 Å². The Labute approximate surface area is 179 Å². The Morgan fingerprint density at radius 1 is 1.34 bits per heavy atom. The van der Waals surface area contributed by atoms with Gasteiger partial charge in [-0.3, -0.25) is 4.79 Å². The van der Waals surface area contributed by atoms with Crippen molar-refractivity contribution >= 4 is 61.4 Å². The molecule has 0 saturated carbocycles. The fraction of sp³-hybridized carbons (Fsp3) is 0.412. The average molecular weight is 453 g/mol. The van der Waals surface area contributed by atoms with Gasteiger partial charge in [0.1, 0.15) is 11.3 Å². The first-order chi connectivity index (χ1) is 14.2. The Morgan fingerprint density at radius 2 is 2.17 bits per heavy atom. The van der Waals surface area contributed by atoms with E-state index in [1.807, 2.05) is 12.1 Å². The number of nitrogens with two attached hydrogens (primary N) is 1. The zero-order valence-corrected chi connectivity index (χ0v) is 18.2. The molecule has 4 rings (SSSR count). The molecule has 0 radical (unpaired) electrons. The van der Waals surface area contributed by atoms with E-state index in [2.05, 4.69) is 25.4 Å². The van der Waals surface area contributed by atoms with E-state index in [4.69, 9.17) is 15.2 Å². The summed E-state index contributed by atoms with van der Waals surface area (Å²) in [5.74, 6) is 1.14. The van der Waals surface area contributed by atoms with Gasteiger partial charge in [-0.25, -0.2) is 4.98 Å². The number of carbonyl (C=O) groups excluding carboxylic acids is 1. The molecule has 12 heteroatoms. The topological polar surface area (TPSA) is 115 Å². The Bertz CT molecular complexity index is 1000. The van der Waals surface area contributed by atoms with Crippen LogP contribution in [0.5, 0.6) is 5.75 Å². The van der Waals surface area contributed by atoms with E-state index < -0.39 is 0 Å². The number of nitrogens with one attached hydrogen (secondary N) is 1. The number of rotatable bonds is 7. The molecule has 9 nitrogen and oxygen atoms in total. The average Bonchev–Trinajstić information content (AvgIpc) is 3.37. The molecule has 154 valence electrons. The largest absolute Gasteiger partial charge is 0.494 e. The number of hydrogen-bond acceptors (Lipinski definition) is 11. The number of ether oxygens (including phenoxy) is 2. The molecule has 1 saturated heterocycles. The fourth-order valence-electron chi connectivity index (χ4n) is 2.94. The van der Waals surface area contributed by atoms with E-state index in [0.717, 1.165) is 27.8 Å². The first kappa shape index (κ1) is 20.1. The van der Waals surface area contributed by atoms with Crippen molar-refractivity contribution < 1.29 is 14.3 Å². The van der Waals surface area contributed by atoms with Crippen LogP contribution in [0.3, 0.4) is 0 Å². The lowest BCUT2D eigenvalue weighted by molar-refractivity contribution is 0.0956. The van der Waals surface area contributed by atoms with E-state index in [1.54, 1.807) is 7.11 Å². The zero-order chi connectivity index (χ0) is 20.2. The summed E-state index contributed by atoms with van der Waals surface area (Å²) in [4.78, 5) is 19.4. The summed E-state index contributed by atoms with van der Waals surface area (Å²) >= 11 is 4.22. The number of morpholine rings is 1. The molecule has 0 spiro atoms. The van der Waals surface area contributed by atoms with Crippen LogP contribution in [0.2, 0.25) is 0 Å². The number of thiazole rings is 1. The second-order valence-electron chi connectivity index (χ2n) is 6.09. The third-order valence-corrected chi connectivity index (χ3v) is 7.25. The van der Waals surface area contributed by atoms with Crippen molar-refractivity contribution in [2.45, 2.75) is 4.34 Å². The highest BCUT2D eigenvalue weighted by molar-refractivity contribution is 8.01. The summed E-state index contributed by atoms with van der Waals surface area (Å²) in [6, 6.07) is 3.93. The normalized spacial score (nSPS) is 14.3. The van der Waals surface area contributed by atoms with Crippen LogP contribution in [0.1, 0.15) is 9.80 Å². The molecule has 1 amide bonds. The van der Waals surface area contributed by atoms with Gasteiger partial charge in [-0.05, 0) is 12.1 Å². The Hall–Kier alpha value is -2.15. The Balaban J connectivity index is 1.47. The van der Waals surface area contributed by atoms with Gasteiger partial charge in [-0.1, -0.05) is 23.1 Å². The van der Waals surface area contributed by atoms with Crippen molar-refractivity contribution in [2.24, 2.45) is 0 Å². The molecule has 3 heterocycles. The second kappa shape index (κ2) is 9.11. The predicted octanol–water partition coefficient (Wildman–Crippen LogP) is 2.10. The van der Waals surface area contributed by atoms with Crippen molar-refractivity contribution in [3.8, 4) is 5.75 Å². The van der Waals surface area contributed by atoms with Crippen LogP contribution in [-0.2, 0) is 4.74 Å². The molecule has 3 N–H and O–H groups in total. The minimum absolute atomic E-state index is 0.196. The van der Waals surface area contributed by atoms with Gasteiger partial charge in [0.15, 0.2) is 9.35 Å². The molecule has 1 aliphatic rings. The first-order valence-corrected chi connectivity index (χ1v) is 11.6. The predicted molar refractivity (Wildman–Crippen MR) is 117 cm³/mol. The molecule has 2 aromatic heterocycles. The smallest absolute Gasteiger partial charge is 0.280 e. The molecule has 1 fully saturated rings. The zero-order valence-electron chi connectivity index (χ0n) is 15.7. The molecular formula is C17H20N6O3S3. The monoisotopic (exact) mass is 452 g/mol. The van der Waals surface area contributed by atoms with Gasteiger partial charge >= 0.3 is 0 Å².